The minimum Gasteiger partial charge on any atom is -0.508 e. The molecule has 4 rings (SSSR count). The molecule has 0 aliphatic rings. The number of phenolic OH excluding ortho intramolecular Hbond substituents is 1. The van der Waals surface area contributed by atoms with Crippen LogP contribution in [0.1, 0.15) is 32.7 Å². The van der Waals surface area contributed by atoms with E-state index in [4.69, 9.17) is 9.84 Å². The summed E-state index contributed by atoms with van der Waals surface area (Å²) in [6.07, 6.45) is 2.26. The molecule has 4 aromatic rings. The first-order valence-corrected chi connectivity index (χ1v) is 11.6. The smallest absolute Gasteiger partial charge is 0.255 e. The van der Waals surface area contributed by atoms with Crippen LogP contribution in [0.3, 0.4) is 0 Å². The zero-order valence-electron chi connectivity index (χ0n) is 20.2. The van der Waals surface area contributed by atoms with Crippen LogP contribution in [-0.2, 0) is 0 Å². The molecule has 184 valence electrons. The SMILES string of the molecule is COc1cccc(-c2nn(-c3ccc(C)cc3)cc2C(=O)NCCCNC(=O)c2cccc(O)c2)c1. The maximum absolute atomic E-state index is 13.1. The van der Waals surface area contributed by atoms with Gasteiger partial charge in [-0.05, 0) is 55.8 Å². The predicted molar refractivity (Wildman–Crippen MR) is 138 cm³/mol. The monoisotopic (exact) mass is 484 g/mol. The van der Waals surface area contributed by atoms with Crippen molar-refractivity contribution in [2.45, 2.75) is 13.3 Å². The third-order valence-corrected chi connectivity index (χ3v) is 5.63. The summed E-state index contributed by atoms with van der Waals surface area (Å²) in [5.74, 6) is 0.168. The van der Waals surface area contributed by atoms with E-state index in [9.17, 15) is 14.7 Å². The lowest BCUT2D eigenvalue weighted by molar-refractivity contribution is 0.0951. The number of aromatic hydroxyl groups is 1. The number of hydrogen-bond donors (Lipinski definition) is 3. The largest absolute Gasteiger partial charge is 0.508 e. The summed E-state index contributed by atoms with van der Waals surface area (Å²) in [5, 5.41) is 19.9. The number of methoxy groups -OCH3 is 1. The zero-order valence-corrected chi connectivity index (χ0v) is 20.2. The van der Waals surface area contributed by atoms with Crippen molar-refractivity contribution in [1.82, 2.24) is 20.4 Å². The molecule has 0 aliphatic heterocycles. The molecular formula is C28H28N4O4. The number of ether oxygens (including phenoxy) is 1. The van der Waals surface area contributed by atoms with Gasteiger partial charge in [0.1, 0.15) is 17.2 Å². The van der Waals surface area contributed by atoms with Crippen molar-refractivity contribution < 1.29 is 19.4 Å². The number of nitrogens with one attached hydrogen (secondary N) is 2. The van der Waals surface area contributed by atoms with Crippen molar-refractivity contribution in [1.29, 1.82) is 0 Å². The van der Waals surface area contributed by atoms with E-state index in [1.54, 1.807) is 30.1 Å². The summed E-state index contributed by atoms with van der Waals surface area (Å²) in [6.45, 7) is 2.76. The van der Waals surface area contributed by atoms with Crippen LogP contribution in [0.25, 0.3) is 16.9 Å². The molecule has 36 heavy (non-hydrogen) atoms. The number of aryl methyl sites for hydroxylation is 1. The summed E-state index contributed by atoms with van der Waals surface area (Å²) < 4.78 is 7.04. The fraction of sp³-hybridized carbons (Fsp3) is 0.179. The molecule has 0 atom stereocenters. The highest BCUT2D eigenvalue weighted by atomic mass is 16.5. The van der Waals surface area contributed by atoms with Crippen LogP contribution in [0.2, 0.25) is 0 Å². The topological polar surface area (TPSA) is 105 Å². The van der Waals surface area contributed by atoms with E-state index in [0.29, 0.717) is 42.1 Å². The molecule has 0 spiro atoms. The van der Waals surface area contributed by atoms with E-state index in [1.165, 1.54) is 12.1 Å². The van der Waals surface area contributed by atoms with E-state index >= 15 is 0 Å². The van der Waals surface area contributed by atoms with E-state index in [1.807, 2.05) is 55.5 Å². The summed E-state index contributed by atoms with van der Waals surface area (Å²) >= 11 is 0. The Kier molecular flexibility index (Phi) is 7.65. The highest BCUT2D eigenvalue weighted by molar-refractivity contribution is 6.00. The van der Waals surface area contributed by atoms with Crippen molar-refractivity contribution in [2.24, 2.45) is 0 Å². The van der Waals surface area contributed by atoms with Gasteiger partial charge in [0, 0.05) is 30.4 Å². The molecule has 0 fully saturated rings. The molecule has 8 nitrogen and oxygen atoms in total. The van der Waals surface area contributed by atoms with Crippen LogP contribution < -0.4 is 15.4 Å². The van der Waals surface area contributed by atoms with Crippen LogP contribution in [0, 0.1) is 6.92 Å². The third-order valence-electron chi connectivity index (χ3n) is 5.63. The molecular weight excluding hydrogens is 456 g/mol. The predicted octanol–water partition coefficient (Wildman–Crippen LogP) is 4.11. The Labute approximate surface area is 209 Å². The van der Waals surface area contributed by atoms with Crippen molar-refractivity contribution in [3.8, 4) is 28.4 Å². The second kappa shape index (κ2) is 11.2. The second-order valence-electron chi connectivity index (χ2n) is 8.32. The number of amides is 2. The molecule has 1 heterocycles. The summed E-state index contributed by atoms with van der Waals surface area (Å²) in [5.41, 5.74) is 4.11. The molecule has 3 N–H and O–H groups in total. The van der Waals surface area contributed by atoms with E-state index in [0.717, 1.165) is 16.8 Å². The van der Waals surface area contributed by atoms with Crippen molar-refractivity contribution in [2.75, 3.05) is 20.2 Å². The number of carbonyl (C=O) groups excluding carboxylic acids is 2. The fourth-order valence-electron chi connectivity index (χ4n) is 3.69. The van der Waals surface area contributed by atoms with Gasteiger partial charge in [-0.1, -0.05) is 35.9 Å². The van der Waals surface area contributed by atoms with Gasteiger partial charge in [0.05, 0.1) is 18.4 Å². The Morgan fingerprint density at radius 3 is 2.39 bits per heavy atom. The number of nitrogens with zero attached hydrogens (tertiary/aromatic N) is 2. The highest BCUT2D eigenvalue weighted by Crippen LogP contribution is 2.27. The van der Waals surface area contributed by atoms with Gasteiger partial charge in [-0.25, -0.2) is 4.68 Å². The van der Waals surface area contributed by atoms with Crippen LogP contribution in [0.5, 0.6) is 11.5 Å². The van der Waals surface area contributed by atoms with Gasteiger partial charge in [-0.15, -0.1) is 0 Å². The average Bonchev–Trinajstić information content (AvgIpc) is 3.34. The quantitative estimate of drug-likeness (QED) is 0.310. The first-order valence-electron chi connectivity index (χ1n) is 11.6. The van der Waals surface area contributed by atoms with Gasteiger partial charge in [-0.2, -0.15) is 5.10 Å². The molecule has 0 bridgehead atoms. The van der Waals surface area contributed by atoms with Crippen molar-refractivity contribution in [3.63, 3.8) is 0 Å². The number of benzene rings is 3. The van der Waals surface area contributed by atoms with Gasteiger partial charge in [0.25, 0.3) is 11.8 Å². The average molecular weight is 485 g/mol. The first kappa shape index (κ1) is 24.5. The number of carbonyl (C=O) groups is 2. The summed E-state index contributed by atoms with van der Waals surface area (Å²) in [6, 6.07) is 21.5. The normalized spacial score (nSPS) is 10.6. The standard InChI is InChI=1S/C28H28N4O4/c1-19-10-12-22(13-11-19)32-18-25(26(31-32)20-6-4-9-24(17-20)36-2)28(35)30-15-5-14-29-27(34)21-7-3-8-23(33)16-21/h3-4,6-13,16-18,33H,5,14-15H2,1-2H3,(H,29,34)(H,30,35). The molecule has 0 saturated carbocycles. The molecule has 2 amide bonds. The fourth-order valence-corrected chi connectivity index (χ4v) is 3.69. The molecule has 0 saturated heterocycles. The number of hydrogen-bond acceptors (Lipinski definition) is 5. The van der Waals surface area contributed by atoms with Crippen LogP contribution >= 0.6 is 0 Å². The van der Waals surface area contributed by atoms with E-state index in [-0.39, 0.29) is 17.6 Å². The summed E-state index contributed by atoms with van der Waals surface area (Å²) in [7, 11) is 1.59. The highest BCUT2D eigenvalue weighted by Gasteiger charge is 2.19. The van der Waals surface area contributed by atoms with Crippen LogP contribution in [0.4, 0.5) is 0 Å². The molecule has 0 aliphatic carbocycles. The molecule has 0 unspecified atom stereocenters. The van der Waals surface area contributed by atoms with Crippen molar-refractivity contribution in [3.05, 3.63) is 95.7 Å². The van der Waals surface area contributed by atoms with Gasteiger partial charge >= 0.3 is 0 Å². The minimum absolute atomic E-state index is 0.0351. The molecule has 8 heteroatoms. The lowest BCUT2D eigenvalue weighted by Crippen LogP contribution is -2.30. The maximum atomic E-state index is 13.1. The third kappa shape index (κ3) is 5.90. The number of phenols is 1. The van der Waals surface area contributed by atoms with Crippen LogP contribution in [0.15, 0.2) is 79.0 Å². The van der Waals surface area contributed by atoms with Gasteiger partial charge in [0.15, 0.2) is 0 Å². The lowest BCUT2D eigenvalue weighted by atomic mass is 10.1. The van der Waals surface area contributed by atoms with Crippen LogP contribution in [-0.4, -0.2) is 46.9 Å². The number of rotatable bonds is 9. The van der Waals surface area contributed by atoms with Crippen molar-refractivity contribution >= 4 is 11.8 Å². The lowest BCUT2D eigenvalue weighted by Gasteiger charge is -2.08. The summed E-state index contributed by atoms with van der Waals surface area (Å²) in [4.78, 5) is 25.3. The Bertz CT molecular complexity index is 1360. The van der Waals surface area contributed by atoms with Gasteiger partial charge in [-0.3, -0.25) is 9.59 Å². The number of aromatic nitrogens is 2. The zero-order chi connectivity index (χ0) is 25.5. The van der Waals surface area contributed by atoms with Gasteiger partial charge < -0.3 is 20.5 Å². The Balaban J connectivity index is 1.45. The maximum Gasteiger partial charge on any atom is 0.255 e. The molecule has 3 aromatic carbocycles. The molecule has 0 radical (unpaired) electrons. The first-order chi connectivity index (χ1) is 17.4. The van der Waals surface area contributed by atoms with E-state index < -0.39 is 0 Å². The Morgan fingerprint density at radius 1 is 0.944 bits per heavy atom. The minimum atomic E-state index is -0.281. The second-order valence-corrected chi connectivity index (χ2v) is 8.32. The Morgan fingerprint density at radius 2 is 1.67 bits per heavy atom. The Hall–Kier alpha value is -4.59. The van der Waals surface area contributed by atoms with E-state index in [2.05, 4.69) is 10.6 Å². The molecule has 1 aromatic heterocycles. The van der Waals surface area contributed by atoms with Gasteiger partial charge in [0.2, 0.25) is 0 Å².